The fraction of sp³-hybridized carbons (Fsp3) is 0.0833. The molecule has 1 amide bonds. The van der Waals surface area contributed by atoms with Crippen LogP contribution in [0.1, 0.15) is 22.9 Å². The topological polar surface area (TPSA) is 75.4 Å². The minimum Gasteiger partial charge on any atom is -0.317 e. The smallest absolute Gasteiger partial charge is 0.291 e. The van der Waals surface area contributed by atoms with Crippen LogP contribution < -0.4 is 10.2 Å². The minimum atomic E-state index is -0.242. The number of benzene rings is 2. The van der Waals surface area contributed by atoms with Gasteiger partial charge in [0.05, 0.1) is 23.1 Å². The van der Waals surface area contributed by atoms with Gasteiger partial charge in [-0.1, -0.05) is 48.5 Å². The normalized spacial score (nSPS) is 16.7. The molecule has 0 bridgehead atoms. The second kappa shape index (κ2) is 6.63. The highest BCUT2D eigenvalue weighted by atomic mass is 16.2. The van der Waals surface area contributed by atoms with Gasteiger partial charge < -0.3 is 10.2 Å². The van der Waals surface area contributed by atoms with E-state index >= 15 is 0 Å². The standard InChI is InChI=1S/C24H18N6O/c1-15-20-21(16-9-3-2-4-10-16)29-18-12-6-5-11-17(18)26-24(31)23(29)27-22(20)30(28-15)19-13-7-8-14-25-19/h2-14,21H,1H3,(H,26,31). The predicted molar refractivity (Wildman–Crippen MR) is 119 cm³/mol. The second-order valence-electron chi connectivity index (χ2n) is 7.51. The van der Waals surface area contributed by atoms with Crippen molar-refractivity contribution in [3.8, 4) is 5.82 Å². The van der Waals surface area contributed by atoms with E-state index in [1.807, 2.05) is 72.5 Å². The highest BCUT2D eigenvalue weighted by Crippen LogP contribution is 2.47. The third-order valence-corrected chi connectivity index (χ3v) is 5.65. The molecule has 0 saturated carbocycles. The van der Waals surface area contributed by atoms with E-state index in [9.17, 15) is 4.79 Å². The predicted octanol–water partition coefficient (Wildman–Crippen LogP) is 4.17. The average molecular weight is 406 g/mol. The molecule has 0 spiro atoms. The van der Waals surface area contributed by atoms with Gasteiger partial charge in [-0.3, -0.25) is 4.79 Å². The molecule has 0 aliphatic carbocycles. The van der Waals surface area contributed by atoms with Gasteiger partial charge in [0, 0.05) is 11.8 Å². The third kappa shape index (κ3) is 2.60. The number of carbonyl (C=O) groups is 1. The van der Waals surface area contributed by atoms with E-state index in [4.69, 9.17) is 10.1 Å². The van der Waals surface area contributed by atoms with Crippen molar-refractivity contribution in [1.29, 1.82) is 0 Å². The van der Waals surface area contributed by atoms with Gasteiger partial charge >= 0.3 is 0 Å². The number of nitrogens with one attached hydrogen (secondary N) is 1. The number of fused-ring (bicyclic) bond motifs is 4. The van der Waals surface area contributed by atoms with Crippen molar-refractivity contribution < 1.29 is 4.79 Å². The van der Waals surface area contributed by atoms with Crippen LogP contribution in [0.3, 0.4) is 0 Å². The van der Waals surface area contributed by atoms with Crippen LogP contribution >= 0.6 is 0 Å². The van der Waals surface area contributed by atoms with Crippen LogP contribution in [0.2, 0.25) is 0 Å². The molecule has 1 unspecified atom stereocenters. The lowest BCUT2D eigenvalue weighted by molar-refractivity contribution is -0.110. The van der Waals surface area contributed by atoms with Crippen LogP contribution in [0.25, 0.3) is 5.82 Å². The van der Waals surface area contributed by atoms with E-state index in [1.54, 1.807) is 10.9 Å². The molecule has 2 aliphatic heterocycles. The quantitative estimate of drug-likeness (QED) is 0.542. The maximum atomic E-state index is 13.1. The molecular weight excluding hydrogens is 388 g/mol. The van der Waals surface area contributed by atoms with Crippen molar-refractivity contribution in [3.05, 3.63) is 95.8 Å². The van der Waals surface area contributed by atoms with Gasteiger partial charge in [0.2, 0.25) is 5.84 Å². The molecule has 150 valence electrons. The number of para-hydroxylation sites is 2. The summed E-state index contributed by atoms with van der Waals surface area (Å²) in [5.74, 6) is 1.40. The molecule has 2 aliphatic rings. The molecule has 4 heterocycles. The number of pyridine rings is 1. The van der Waals surface area contributed by atoms with Crippen LogP contribution in [-0.2, 0) is 4.79 Å². The summed E-state index contributed by atoms with van der Waals surface area (Å²) in [7, 11) is 0. The number of amides is 1. The molecule has 1 atom stereocenters. The van der Waals surface area contributed by atoms with Crippen LogP contribution in [-0.4, -0.2) is 26.5 Å². The molecular formula is C24H18N6O. The zero-order chi connectivity index (χ0) is 20.9. The van der Waals surface area contributed by atoms with Crippen molar-refractivity contribution >= 4 is 28.9 Å². The number of aromatic nitrogens is 3. The second-order valence-corrected chi connectivity index (χ2v) is 7.51. The number of nitrogens with zero attached hydrogens (tertiary/aromatic N) is 5. The van der Waals surface area contributed by atoms with Gasteiger partial charge in [-0.05, 0) is 36.8 Å². The number of hydrogen-bond donors (Lipinski definition) is 1. The number of aliphatic imine (C=N–C) groups is 1. The van der Waals surface area contributed by atoms with Gasteiger partial charge in [0.25, 0.3) is 5.91 Å². The molecule has 2 aromatic heterocycles. The summed E-state index contributed by atoms with van der Waals surface area (Å²) >= 11 is 0. The van der Waals surface area contributed by atoms with Crippen molar-refractivity contribution in [2.45, 2.75) is 13.0 Å². The van der Waals surface area contributed by atoms with E-state index in [2.05, 4.69) is 22.4 Å². The number of amidine groups is 1. The van der Waals surface area contributed by atoms with Gasteiger partial charge in [0.15, 0.2) is 11.6 Å². The first-order chi connectivity index (χ1) is 15.2. The first-order valence-electron chi connectivity index (χ1n) is 10.1. The Labute approximate surface area is 178 Å². The Morgan fingerprint density at radius 1 is 0.935 bits per heavy atom. The third-order valence-electron chi connectivity index (χ3n) is 5.65. The molecule has 1 N–H and O–H groups in total. The van der Waals surface area contributed by atoms with E-state index in [0.717, 1.165) is 28.2 Å². The Hall–Kier alpha value is -4.26. The lowest BCUT2D eigenvalue weighted by Gasteiger charge is -2.40. The monoisotopic (exact) mass is 406 g/mol. The lowest BCUT2D eigenvalue weighted by Crippen LogP contribution is -2.48. The summed E-state index contributed by atoms with van der Waals surface area (Å²) in [5, 5.41) is 7.74. The molecule has 6 rings (SSSR count). The lowest BCUT2D eigenvalue weighted by atomic mass is 9.93. The molecule has 7 heteroatoms. The Bertz CT molecular complexity index is 1340. The molecule has 0 fully saturated rings. The van der Waals surface area contributed by atoms with Gasteiger partial charge in [-0.25, -0.2) is 9.98 Å². The van der Waals surface area contributed by atoms with E-state index in [-0.39, 0.29) is 11.9 Å². The van der Waals surface area contributed by atoms with Crippen LogP contribution in [0.4, 0.5) is 17.2 Å². The SMILES string of the molecule is Cc1nn(-c2ccccn2)c2c1C(c1ccccc1)N1C(=N2)C(=O)Nc2ccccc21. The molecule has 4 aromatic rings. The van der Waals surface area contributed by atoms with Gasteiger partial charge in [-0.15, -0.1) is 0 Å². The minimum absolute atomic E-state index is 0.239. The Balaban J connectivity index is 1.67. The van der Waals surface area contributed by atoms with E-state index in [1.165, 1.54) is 0 Å². The highest BCUT2D eigenvalue weighted by molar-refractivity contribution is 6.50. The molecule has 0 radical (unpaired) electrons. The van der Waals surface area contributed by atoms with Gasteiger partial charge in [-0.2, -0.15) is 9.78 Å². The maximum absolute atomic E-state index is 13.1. The Morgan fingerprint density at radius 2 is 1.71 bits per heavy atom. The van der Waals surface area contributed by atoms with E-state index in [0.29, 0.717) is 17.5 Å². The van der Waals surface area contributed by atoms with Crippen molar-refractivity contribution in [1.82, 2.24) is 14.8 Å². The first-order valence-corrected chi connectivity index (χ1v) is 10.1. The van der Waals surface area contributed by atoms with E-state index < -0.39 is 0 Å². The first kappa shape index (κ1) is 17.6. The fourth-order valence-electron chi connectivity index (χ4n) is 4.33. The maximum Gasteiger partial charge on any atom is 0.291 e. The average Bonchev–Trinajstić information content (AvgIpc) is 3.15. The number of anilines is 2. The molecule has 7 nitrogen and oxygen atoms in total. The molecule has 2 aromatic carbocycles. The number of carbonyl (C=O) groups excluding carboxylic acids is 1. The summed E-state index contributed by atoms with van der Waals surface area (Å²) in [4.78, 5) is 24.4. The zero-order valence-electron chi connectivity index (χ0n) is 16.7. The van der Waals surface area contributed by atoms with Gasteiger partial charge in [0.1, 0.15) is 0 Å². The van der Waals surface area contributed by atoms with Crippen molar-refractivity contribution in [3.63, 3.8) is 0 Å². The number of hydrogen-bond acceptors (Lipinski definition) is 5. The van der Waals surface area contributed by atoms with Crippen molar-refractivity contribution in [2.24, 2.45) is 4.99 Å². The van der Waals surface area contributed by atoms with Crippen LogP contribution in [0, 0.1) is 6.92 Å². The zero-order valence-corrected chi connectivity index (χ0v) is 16.7. The molecule has 31 heavy (non-hydrogen) atoms. The largest absolute Gasteiger partial charge is 0.317 e. The fourth-order valence-corrected chi connectivity index (χ4v) is 4.33. The summed E-state index contributed by atoms with van der Waals surface area (Å²) in [6.45, 7) is 1.98. The molecule has 0 saturated heterocycles. The number of aryl methyl sites for hydroxylation is 1. The van der Waals surface area contributed by atoms with Crippen LogP contribution in [0.15, 0.2) is 84.0 Å². The summed E-state index contributed by atoms with van der Waals surface area (Å²) in [5.41, 5.74) is 4.55. The van der Waals surface area contributed by atoms with Crippen LogP contribution in [0.5, 0.6) is 0 Å². The van der Waals surface area contributed by atoms with Crippen molar-refractivity contribution in [2.75, 3.05) is 10.2 Å². The number of rotatable bonds is 2. The highest BCUT2D eigenvalue weighted by Gasteiger charge is 2.42. The summed E-state index contributed by atoms with van der Waals surface area (Å²) in [6, 6.07) is 23.4. The summed E-state index contributed by atoms with van der Waals surface area (Å²) in [6.07, 6.45) is 1.72. The Morgan fingerprint density at radius 3 is 2.52 bits per heavy atom. The Kier molecular flexibility index (Phi) is 3.76. The summed E-state index contributed by atoms with van der Waals surface area (Å²) < 4.78 is 1.72.